The van der Waals surface area contributed by atoms with Crippen LogP contribution in [0.4, 0.5) is 5.69 Å². The van der Waals surface area contributed by atoms with Crippen molar-refractivity contribution in [3.05, 3.63) is 95.2 Å². The Morgan fingerprint density at radius 2 is 1.63 bits per heavy atom. The van der Waals surface area contributed by atoms with Crippen LogP contribution in [0.3, 0.4) is 0 Å². The fourth-order valence-electron chi connectivity index (χ4n) is 3.97. The molecule has 0 saturated heterocycles. The smallest absolute Gasteiger partial charge is 0.343 e. The van der Waals surface area contributed by atoms with Crippen LogP contribution in [-0.2, 0) is 12.8 Å². The minimum Gasteiger partial charge on any atom is -0.461 e. The maximum atomic E-state index is 12.7. The third-order valence-corrected chi connectivity index (χ3v) is 5.43. The van der Waals surface area contributed by atoms with Crippen molar-refractivity contribution in [2.24, 2.45) is 4.99 Å². The minimum absolute atomic E-state index is 0.387. The van der Waals surface area contributed by atoms with Gasteiger partial charge in [-0.1, -0.05) is 36.4 Å². The molecule has 0 saturated carbocycles. The van der Waals surface area contributed by atoms with E-state index in [9.17, 15) is 4.79 Å². The lowest BCUT2D eigenvalue weighted by atomic mass is 9.94. The molecule has 4 nitrogen and oxygen atoms in total. The summed E-state index contributed by atoms with van der Waals surface area (Å²) in [5, 5.41) is 1.00. The molecule has 1 heterocycles. The molecule has 0 atom stereocenters. The van der Waals surface area contributed by atoms with Crippen LogP contribution in [0.25, 0.3) is 11.0 Å². The number of hydrogen-bond donors (Lipinski definition) is 0. The van der Waals surface area contributed by atoms with Gasteiger partial charge in [0.2, 0.25) is 0 Å². The molecule has 0 N–H and O–H groups in total. The van der Waals surface area contributed by atoms with Crippen molar-refractivity contribution in [3.8, 4) is 5.75 Å². The van der Waals surface area contributed by atoms with Gasteiger partial charge in [0.1, 0.15) is 17.1 Å². The highest BCUT2D eigenvalue weighted by Crippen LogP contribution is 2.37. The molecule has 5 rings (SSSR count). The number of aryl methyl sites for hydroxylation is 2. The zero-order valence-corrected chi connectivity index (χ0v) is 16.5. The number of esters is 1. The number of hydrogen-bond acceptors (Lipinski definition) is 4. The molecule has 0 radical (unpaired) electrons. The number of nitrogens with zero attached hydrogens (tertiary/aromatic N) is 1. The zero-order chi connectivity index (χ0) is 20.3. The Morgan fingerprint density at radius 1 is 0.900 bits per heavy atom. The minimum atomic E-state index is -0.387. The SMILES string of the molecule is O=C(Oc1ccc2oc3c(c2c1C=Nc1ccccc1)CCCC3)c1ccccc1. The van der Waals surface area contributed by atoms with Crippen LogP contribution < -0.4 is 4.74 Å². The molecule has 0 aliphatic heterocycles. The quantitative estimate of drug-likeness (QED) is 0.232. The molecule has 0 fully saturated rings. The van der Waals surface area contributed by atoms with Crippen LogP contribution in [0.1, 0.15) is 40.1 Å². The number of carbonyl (C=O) groups excluding carboxylic acids is 1. The molecule has 1 aromatic heterocycles. The molecule has 3 aromatic carbocycles. The highest BCUT2D eigenvalue weighted by Gasteiger charge is 2.23. The maximum Gasteiger partial charge on any atom is 0.343 e. The van der Waals surface area contributed by atoms with Gasteiger partial charge in [0, 0.05) is 29.1 Å². The van der Waals surface area contributed by atoms with Crippen LogP contribution in [0.5, 0.6) is 5.75 Å². The molecule has 4 aromatic rings. The second kappa shape index (κ2) is 7.99. The molecule has 0 spiro atoms. The third kappa shape index (κ3) is 3.52. The van der Waals surface area contributed by atoms with Crippen molar-refractivity contribution < 1.29 is 13.9 Å². The summed E-state index contributed by atoms with van der Waals surface area (Å²) < 4.78 is 11.9. The van der Waals surface area contributed by atoms with E-state index in [1.165, 1.54) is 5.56 Å². The summed E-state index contributed by atoms with van der Waals surface area (Å²) in [4.78, 5) is 17.4. The number of aliphatic imine (C=N–C) groups is 1. The molecule has 1 aliphatic carbocycles. The molecule has 0 amide bonds. The zero-order valence-electron chi connectivity index (χ0n) is 16.5. The first-order valence-corrected chi connectivity index (χ1v) is 10.2. The highest BCUT2D eigenvalue weighted by atomic mass is 16.5. The Balaban J connectivity index is 1.62. The van der Waals surface area contributed by atoms with E-state index in [2.05, 4.69) is 4.99 Å². The van der Waals surface area contributed by atoms with Gasteiger partial charge in [0.15, 0.2) is 0 Å². The van der Waals surface area contributed by atoms with E-state index in [1.807, 2.05) is 54.6 Å². The summed E-state index contributed by atoms with van der Waals surface area (Å²) in [6, 6.07) is 22.4. The Bertz CT molecular complexity index is 1220. The van der Waals surface area contributed by atoms with Gasteiger partial charge in [-0.05, 0) is 55.7 Å². The van der Waals surface area contributed by atoms with E-state index in [4.69, 9.17) is 9.15 Å². The van der Waals surface area contributed by atoms with Crippen LogP contribution in [-0.4, -0.2) is 12.2 Å². The van der Waals surface area contributed by atoms with E-state index in [1.54, 1.807) is 24.4 Å². The van der Waals surface area contributed by atoms with E-state index < -0.39 is 0 Å². The molecule has 0 unspecified atom stereocenters. The summed E-state index contributed by atoms with van der Waals surface area (Å²) in [7, 11) is 0. The van der Waals surface area contributed by atoms with Gasteiger partial charge < -0.3 is 9.15 Å². The number of ether oxygens (including phenoxy) is 1. The van der Waals surface area contributed by atoms with E-state index in [-0.39, 0.29) is 5.97 Å². The van der Waals surface area contributed by atoms with Gasteiger partial charge in [-0.15, -0.1) is 0 Å². The van der Waals surface area contributed by atoms with Crippen LogP contribution in [0, 0.1) is 0 Å². The average Bonchev–Trinajstić information content (AvgIpc) is 3.18. The maximum absolute atomic E-state index is 12.7. The van der Waals surface area contributed by atoms with Gasteiger partial charge in [-0.2, -0.15) is 0 Å². The predicted octanol–water partition coefficient (Wildman–Crippen LogP) is 6.28. The fourth-order valence-corrected chi connectivity index (χ4v) is 3.97. The summed E-state index contributed by atoms with van der Waals surface area (Å²) in [6.07, 6.45) is 5.96. The Kier molecular flexibility index (Phi) is 4.89. The fraction of sp³-hybridized carbons (Fsp3) is 0.154. The monoisotopic (exact) mass is 395 g/mol. The summed E-state index contributed by atoms with van der Waals surface area (Å²) in [6.45, 7) is 0. The molecular formula is C26H21NO3. The number of carbonyl (C=O) groups is 1. The lowest BCUT2D eigenvalue weighted by Crippen LogP contribution is -2.10. The van der Waals surface area contributed by atoms with Crippen molar-refractivity contribution >= 4 is 28.8 Å². The molecule has 30 heavy (non-hydrogen) atoms. The second-order valence-corrected chi connectivity index (χ2v) is 7.41. The van der Waals surface area contributed by atoms with Crippen molar-refractivity contribution in [1.29, 1.82) is 0 Å². The Hall–Kier alpha value is -3.66. The number of furan rings is 1. The molecule has 1 aliphatic rings. The summed E-state index contributed by atoms with van der Waals surface area (Å²) in [5.74, 6) is 1.14. The lowest BCUT2D eigenvalue weighted by molar-refractivity contribution is 0.0734. The van der Waals surface area contributed by atoms with Gasteiger partial charge in [-0.25, -0.2) is 4.79 Å². The van der Waals surface area contributed by atoms with E-state index >= 15 is 0 Å². The molecule has 4 heteroatoms. The largest absolute Gasteiger partial charge is 0.461 e. The number of rotatable bonds is 4. The van der Waals surface area contributed by atoms with E-state index in [0.717, 1.165) is 53.7 Å². The van der Waals surface area contributed by atoms with Gasteiger partial charge in [-0.3, -0.25) is 4.99 Å². The normalized spacial score (nSPS) is 13.5. The number of para-hydroxylation sites is 1. The lowest BCUT2D eigenvalue weighted by Gasteiger charge is -2.12. The molecular weight excluding hydrogens is 374 g/mol. The Morgan fingerprint density at radius 3 is 2.43 bits per heavy atom. The molecule has 148 valence electrons. The number of benzene rings is 3. The predicted molar refractivity (Wildman–Crippen MR) is 118 cm³/mol. The van der Waals surface area contributed by atoms with Gasteiger partial charge >= 0.3 is 5.97 Å². The first kappa shape index (κ1) is 18.4. The van der Waals surface area contributed by atoms with Crippen molar-refractivity contribution in [3.63, 3.8) is 0 Å². The van der Waals surface area contributed by atoms with E-state index in [0.29, 0.717) is 11.3 Å². The highest BCUT2D eigenvalue weighted by molar-refractivity contribution is 6.05. The van der Waals surface area contributed by atoms with Crippen LogP contribution >= 0.6 is 0 Å². The average molecular weight is 395 g/mol. The van der Waals surface area contributed by atoms with Crippen molar-refractivity contribution in [2.75, 3.05) is 0 Å². The number of fused-ring (bicyclic) bond motifs is 3. The van der Waals surface area contributed by atoms with Gasteiger partial charge in [0.05, 0.1) is 11.3 Å². The first-order chi connectivity index (χ1) is 14.8. The summed E-state index contributed by atoms with van der Waals surface area (Å²) >= 11 is 0. The van der Waals surface area contributed by atoms with Crippen LogP contribution in [0.15, 0.2) is 82.2 Å². The standard InChI is InChI=1S/C26H21NO3/c28-26(18-9-3-1-4-10-18)30-23-15-16-24-25(20-13-7-8-14-22(20)29-24)21(23)17-27-19-11-5-2-6-12-19/h1-6,9-12,15-17H,7-8,13-14H2. The topological polar surface area (TPSA) is 51.8 Å². The van der Waals surface area contributed by atoms with Crippen molar-refractivity contribution in [2.45, 2.75) is 25.7 Å². The second-order valence-electron chi connectivity index (χ2n) is 7.41. The Labute approximate surface area is 174 Å². The van der Waals surface area contributed by atoms with Crippen molar-refractivity contribution in [1.82, 2.24) is 0 Å². The van der Waals surface area contributed by atoms with Gasteiger partial charge in [0.25, 0.3) is 0 Å². The molecule has 0 bridgehead atoms. The van der Waals surface area contributed by atoms with Crippen LogP contribution in [0.2, 0.25) is 0 Å². The summed E-state index contributed by atoms with van der Waals surface area (Å²) in [5.41, 5.74) is 4.16. The third-order valence-electron chi connectivity index (χ3n) is 5.43. The first-order valence-electron chi connectivity index (χ1n) is 10.2.